The number of thiazole rings is 2. The summed E-state index contributed by atoms with van der Waals surface area (Å²) in [5, 5.41) is 5.99. The van der Waals surface area contributed by atoms with Crippen molar-refractivity contribution in [3.8, 4) is 10.8 Å². The van der Waals surface area contributed by atoms with Crippen LogP contribution in [-0.2, 0) is 11.3 Å². The molecule has 0 aliphatic carbocycles. The molecule has 1 aliphatic heterocycles. The molecular formula is C15H15N5OS2. The first-order valence-corrected chi connectivity index (χ1v) is 9.09. The maximum absolute atomic E-state index is 5.83. The largest absolute Gasteiger partial charge is 0.368 e. The average molecular weight is 345 g/mol. The van der Waals surface area contributed by atoms with Crippen LogP contribution in [0.3, 0.4) is 0 Å². The molecule has 0 aromatic carbocycles. The summed E-state index contributed by atoms with van der Waals surface area (Å²) >= 11 is 3.23. The number of morpholine rings is 1. The molecule has 23 heavy (non-hydrogen) atoms. The Kier molecular flexibility index (Phi) is 4.38. The molecule has 118 valence electrons. The Bertz CT molecular complexity index is 746. The maximum Gasteiger partial charge on any atom is 0.188 e. The van der Waals surface area contributed by atoms with Crippen molar-refractivity contribution in [3.63, 3.8) is 0 Å². The van der Waals surface area contributed by atoms with Gasteiger partial charge in [-0.3, -0.25) is 4.90 Å². The Balaban J connectivity index is 1.43. The lowest BCUT2D eigenvalue weighted by Crippen LogP contribution is -2.37. The van der Waals surface area contributed by atoms with Gasteiger partial charge in [0.15, 0.2) is 10.8 Å². The van der Waals surface area contributed by atoms with Crippen LogP contribution in [0.1, 0.15) is 16.8 Å². The highest BCUT2D eigenvalue weighted by atomic mass is 32.1. The highest BCUT2D eigenvalue weighted by Crippen LogP contribution is 2.26. The second kappa shape index (κ2) is 6.79. The standard InChI is InChI=1S/C15H15N5OS2/c1-2-16-13(17-3-1)15-19-11(10-23-15)8-20-5-6-21-12(9-20)14-18-4-7-22-14/h1-4,7,10,12H,5-6,8-9H2. The molecule has 6 nitrogen and oxygen atoms in total. The first kappa shape index (κ1) is 14.8. The minimum absolute atomic E-state index is 0.0688. The maximum atomic E-state index is 5.83. The Morgan fingerprint density at radius 2 is 2.09 bits per heavy atom. The molecule has 8 heteroatoms. The molecule has 3 aromatic heterocycles. The van der Waals surface area contributed by atoms with Gasteiger partial charge >= 0.3 is 0 Å². The quantitative estimate of drug-likeness (QED) is 0.724. The molecule has 4 rings (SSSR count). The zero-order chi connectivity index (χ0) is 15.5. The van der Waals surface area contributed by atoms with E-state index in [1.165, 1.54) is 0 Å². The van der Waals surface area contributed by atoms with Gasteiger partial charge in [0.25, 0.3) is 0 Å². The fraction of sp³-hybridized carbons (Fsp3) is 0.333. The van der Waals surface area contributed by atoms with Crippen LogP contribution in [0.2, 0.25) is 0 Å². The Labute approximate surface area is 141 Å². The summed E-state index contributed by atoms with van der Waals surface area (Å²) in [5.41, 5.74) is 1.05. The van der Waals surface area contributed by atoms with Crippen molar-refractivity contribution in [2.45, 2.75) is 12.6 Å². The number of rotatable bonds is 4. The molecule has 1 saturated heterocycles. The summed E-state index contributed by atoms with van der Waals surface area (Å²) in [7, 11) is 0. The van der Waals surface area contributed by atoms with Crippen LogP contribution in [-0.4, -0.2) is 44.5 Å². The van der Waals surface area contributed by atoms with Crippen LogP contribution in [0.15, 0.2) is 35.4 Å². The summed E-state index contributed by atoms with van der Waals surface area (Å²) in [4.78, 5) is 19.9. The van der Waals surface area contributed by atoms with Crippen molar-refractivity contribution in [1.29, 1.82) is 0 Å². The lowest BCUT2D eigenvalue weighted by atomic mass is 10.2. The van der Waals surface area contributed by atoms with E-state index in [1.54, 1.807) is 35.1 Å². The van der Waals surface area contributed by atoms with Crippen LogP contribution in [0, 0.1) is 0 Å². The SMILES string of the molecule is c1cnc(-c2nc(CN3CCOC(c4nccs4)C3)cs2)nc1. The van der Waals surface area contributed by atoms with Crippen molar-refractivity contribution in [1.82, 2.24) is 24.8 Å². The van der Waals surface area contributed by atoms with E-state index in [0.717, 1.165) is 42.0 Å². The van der Waals surface area contributed by atoms with Gasteiger partial charge in [-0.15, -0.1) is 22.7 Å². The van der Waals surface area contributed by atoms with E-state index in [0.29, 0.717) is 5.82 Å². The Morgan fingerprint density at radius 1 is 1.17 bits per heavy atom. The van der Waals surface area contributed by atoms with Gasteiger partial charge in [-0.25, -0.2) is 19.9 Å². The van der Waals surface area contributed by atoms with Gasteiger partial charge in [0.1, 0.15) is 11.1 Å². The fourth-order valence-corrected chi connectivity index (χ4v) is 3.94. The van der Waals surface area contributed by atoms with E-state index in [4.69, 9.17) is 4.74 Å². The predicted molar refractivity (Wildman–Crippen MR) is 89.2 cm³/mol. The zero-order valence-corrected chi connectivity index (χ0v) is 14.0. The van der Waals surface area contributed by atoms with Crippen LogP contribution in [0.5, 0.6) is 0 Å². The average Bonchev–Trinajstić information content (AvgIpc) is 3.28. The summed E-state index contributed by atoms with van der Waals surface area (Å²) in [5.74, 6) is 0.686. The van der Waals surface area contributed by atoms with E-state index in [1.807, 2.05) is 17.6 Å². The summed E-state index contributed by atoms with van der Waals surface area (Å²) in [6.07, 6.45) is 5.38. The summed E-state index contributed by atoms with van der Waals surface area (Å²) in [6, 6.07) is 1.81. The third-order valence-corrected chi connectivity index (χ3v) is 5.33. The van der Waals surface area contributed by atoms with Crippen LogP contribution >= 0.6 is 22.7 Å². The van der Waals surface area contributed by atoms with Gasteiger partial charge in [0.2, 0.25) is 0 Å². The van der Waals surface area contributed by atoms with E-state index in [9.17, 15) is 0 Å². The third-order valence-electron chi connectivity index (χ3n) is 3.57. The van der Waals surface area contributed by atoms with Crippen molar-refractivity contribution in [3.05, 3.63) is 46.1 Å². The van der Waals surface area contributed by atoms with E-state index >= 15 is 0 Å². The normalized spacial score (nSPS) is 19.0. The lowest BCUT2D eigenvalue weighted by molar-refractivity contribution is -0.0333. The number of nitrogens with zero attached hydrogens (tertiary/aromatic N) is 5. The first-order valence-electron chi connectivity index (χ1n) is 7.33. The molecule has 0 bridgehead atoms. The van der Waals surface area contributed by atoms with Gasteiger partial charge in [-0.2, -0.15) is 0 Å². The molecule has 0 amide bonds. The van der Waals surface area contributed by atoms with Crippen LogP contribution in [0.4, 0.5) is 0 Å². The third kappa shape index (κ3) is 3.45. The second-order valence-corrected chi connectivity index (χ2v) is 6.97. The van der Waals surface area contributed by atoms with Gasteiger partial charge in [-0.1, -0.05) is 0 Å². The molecule has 4 heterocycles. The lowest BCUT2D eigenvalue weighted by Gasteiger charge is -2.31. The van der Waals surface area contributed by atoms with Crippen LogP contribution in [0.25, 0.3) is 10.8 Å². The van der Waals surface area contributed by atoms with Crippen LogP contribution < -0.4 is 0 Å². The smallest absolute Gasteiger partial charge is 0.188 e. The summed E-state index contributed by atoms with van der Waals surface area (Å²) in [6.45, 7) is 3.30. The minimum atomic E-state index is 0.0688. The predicted octanol–water partition coefficient (Wildman–Crippen LogP) is 2.63. The topological polar surface area (TPSA) is 64.0 Å². The molecule has 1 atom stereocenters. The van der Waals surface area contributed by atoms with E-state index in [-0.39, 0.29) is 6.10 Å². The molecule has 0 spiro atoms. The number of hydrogen-bond acceptors (Lipinski definition) is 8. The van der Waals surface area contributed by atoms with Crippen molar-refractivity contribution >= 4 is 22.7 Å². The summed E-state index contributed by atoms with van der Waals surface area (Å²) < 4.78 is 5.83. The molecular weight excluding hydrogens is 330 g/mol. The minimum Gasteiger partial charge on any atom is -0.368 e. The number of aromatic nitrogens is 4. The monoisotopic (exact) mass is 345 g/mol. The Hall–Kier alpha value is -1.74. The number of hydrogen-bond donors (Lipinski definition) is 0. The van der Waals surface area contributed by atoms with Crippen molar-refractivity contribution in [2.24, 2.45) is 0 Å². The molecule has 0 radical (unpaired) electrons. The zero-order valence-electron chi connectivity index (χ0n) is 12.3. The molecule has 0 N–H and O–H groups in total. The van der Waals surface area contributed by atoms with Gasteiger partial charge in [-0.05, 0) is 6.07 Å². The second-order valence-electron chi connectivity index (χ2n) is 5.18. The van der Waals surface area contributed by atoms with Gasteiger partial charge in [0, 0.05) is 49.0 Å². The van der Waals surface area contributed by atoms with E-state index in [2.05, 4.69) is 30.2 Å². The highest BCUT2D eigenvalue weighted by Gasteiger charge is 2.24. The Morgan fingerprint density at radius 3 is 2.91 bits per heavy atom. The number of ether oxygens (including phenoxy) is 1. The van der Waals surface area contributed by atoms with Crippen molar-refractivity contribution < 1.29 is 4.74 Å². The first-order chi connectivity index (χ1) is 11.4. The van der Waals surface area contributed by atoms with E-state index < -0.39 is 0 Å². The van der Waals surface area contributed by atoms with Crippen molar-refractivity contribution in [2.75, 3.05) is 19.7 Å². The van der Waals surface area contributed by atoms with Gasteiger partial charge in [0.05, 0.1) is 12.3 Å². The molecule has 1 fully saturated rings. The molecule has 1 unspecified atom stereocenters. The molecule has 0 saturated carbocycles. The molecule has 3 aromatic rings. The van der Waals surface area contributed by atoms with Gasteiger partial charge < -0.3 is 4.74 Å². The fourth-order valence-electron chi connectivity index (χ4n) is 2.51. The molecule has 1 aliphatic rings. The highest BCUT2D eigenvalue weighted by molar-refractivity contribution is 7.13.